The summed E-state index contributed by atoms with van der Waals surface area (Å²) in [5.74, 6) is -1.03. The summed E-state index contributed by atoms with van der Waals surface area (Å²) in [6.45, 7) is 1.94. The zero-order valence-electron chi connectivity index (χ0n) is 9.93. The topological polar surface area (TPSA) is 71.3 Å². The second-order valence-corrected chi connectivity index (χ2v) is 3.73. The van der Waals surface area contributed by atoms with E-state index in [4.69, 9.17) is 5.11 Å². The highest BCUT2D eigenvalue weighted by Crippen LogP contribution is 2.14. The van der Waals surface area contributed by atoms with Gasteiger partial charge < -0.3 is 15.0 Å². The SMILES string of the molecule is CCCC(=O)Nc1cc(C=CC(=O)O)n(C)c1. The monoisotopic (exact) mass is 236 g/mol. The highest BCUT2D eigenvalue weighted by molar-refractivity contribution is 5.91. The van der Waals surface area contributed by atoms with Crippen molar-refractivity contribution < 1.29 is 14.7 Å². The van der Waals surface area contributed by atoms with Crippen molar-refractivity contribution in [2.24, 2.45) is 7.05 Å². The van der Waals surface area contributed by atoms with Gasteiger partial charge in [-0.05, 0) is 18.6 Å². The summed E-state index contributed by atoms with van der Waals surface area (Å²) in [6.07, 6.45) is 5.57. The van der Waals surface area contributed by atoms with Gasteiger partial charge in [-0.15, -0.1) is 0 Å². The average molecular weight is 236 g/mol. The second kappa shape index (κ2) is 5.89. The Morgan fingerprint density at radius 2 is 2.24 bits per heavy atom. The van der Waals surface area contributed by atoms with E-state index in [0.717, 1.165) is 18.2 Å². The molecule has 0 unspecified atom stereocenters. The molecule has 1 aromatic heterocycles. The van der Waals surface area contributed by atoms with E-state index in [-0.39, 0.29) is 5.91 Å². The minimum atomic E-state index is -0.997. The van der Waals surface area contributed by atoms with Crippen molar-refractivity contribution in [2.45, 2.75) is 19.8 Å². The summed E-state index contributed by atoms with van der Waals surface area (Å²) in [6, 6.07) is 1.73. The summed E-state index contributed by atoms with van der Waals surface area (Å²) < 4.78 is 1.75. The molecular weight excluding hydrogens is 220 g/mol. The molecule has 0 saturated carbocycles. The van der Waals surface area contributed by atoms with Gasteiger partial charge in [-0.3, -0.25) is 4.79 Å². The van der Waals surface area contributed by atoms with E-state index in [1.54, 1.807) is 23.9 Å². The Hall–Kier alpha value is -2.04. The lowest BCUT2D eigenvalue weighted by molar-refractivity contribution is -0.131. The van der Waals surface area contributed by atoms with Crippen LogP contribution in [0.5, 0.6) is 0 Å². The van der Waals surface area contributed by atoms with E-state index >= 15 is 0 Å². The van der Waals surface area contributed by atoms with Crippen molar-refractivity contribution in [2.75, 3.05) is 5.32 Å². The van der Waals surface area contributed by atoms with Crippen molar-refractivity contribution in [1.29, 1.82) is 0 Å². The van der Waals surface area contributed by atoms with Gasteiger partial charge in [0, 0.05) is 31.4 Å². The largest absolute Gasteiger partial charge is 0.478 e. The highest BCUT2D eigenvalue weighted by atomic mass is 16.4. The van der Waals surface area contributed by atoms with Crippen LogP contribution in [-0.4, -0.2) is 21.6 Å². The van der Waals surface area contributed by atoms with Gasteiger partial charge in [0.05, 0.1) is 5.69 Å². The van der Waals surface area contributed by atoms with Crippen LogP contribution in [0.25, 0.3) is 6.08 Å². The second-order valence-electron chi connectivity index (χ2n) is 3.73. The third kappa shape index (κ3) is 4.14. The van der Waals surface area contributed by atoms with Crippen LogP contribution in [0.15, 0.2) is 18.3 Å². The van der Waals surface area contributed by atoms with Crippen molar-refractivity contribution in [3.05, 3.63) is 24.0 Å². The normalized spacial score (nSPS) is 10.7. The fourth-order valence-electron chi connectivity index (χ4n) is 1.42. The molecule has 0 aliphatic heterocycles. The number of aromatic nitrogens is 1. The van der Waals surface area contributed by atoms with Crippen LogP contribution in [0, 0.1) is 0 Å². The molecule has 5 nitrogen and oxygen atoms in total. The molecule has 1 rings (SSSR count). The van der Waals surface area contributed by atoms with E-state index in [2.05, 4.69) is 5.32 Å². The van der Waals surface area contributed by atoms with Crippen molar-refractivity contribution in [3.63, 3.8) is 0 Å². The number of nitrogens with zero attached hydrogens (tertiary/aromatic N) is 1. The molecule has 92 valence electrons. The first-order valence-electron chi connectivity index (χ1n) is 5.40. The van der Waals surface area contributed by atoms with Crippen LogP contribution in [0.3, 0.4) is 0 Å². The van der Waals surface area contributed by atoms with E-state index < -0.39 is 5.97 Å². The smallest absolute Gasteiger partial charge is 0.328 e. The molecule has 1 amide bonds. The quantitative estimate of drug-likeness (QED) is 0.766. The van der Waals surface area contributed by atoms with Gasteiger partial charge in [0.1, 0.15) is 0 Å². The maximum absolute atomic E-state index is 11.4. The number of carbonyl (C=O) groups is 2. The average Bonchev–Trinajstić information content (AvgIpc) is 2.56. The van der Waals surface area contributed by atoms with Crippen LogP contribution in [0.1, 0.15) is 25.5 Å². The standard InChI is InChI=1S/C12H16N2O3/c1-3-4-11(15)13-9-7-10(14(2)8-9)5-6-12(16)17/h5-8H,3-4H2,1-2H3,(H,13,15)(H,16,17). The number of hydrogen-bond donors (Lipinski definition) is 2. The molecule has 0 radical (unpaired) electrons. The van der Waals surface area contributed by atoms with E-state index in [0.29, 0.717) is 12.1 Å². The van der Waals surface area contributed by atoms with Crippen LogP contribution >= 0.6 is 0 Å². The lowest BCUT2D eigenvalue weighted by Crippen LogP contribution is -2.09. The summed E-state index contributed by atoms with van der Waals surface area (Å²) in [5, 5.41) is 11.3. The van der Waals surface area contributed by atoms with Gasteiger partial charge in [0.15, 0.2) is 0 Å². The van der Waals surface area contributed by atoms with Gasteiger partial charge in [0.2, 0.25) is 5.91 Å². The number of nitrogens with one attached hydrogen (secondary N) is 1. The lowest BCUT2D eigenvalue weighted by atomic mass is 10.3. The number of amides is 1. The molecule has 0 fully saturated rings. The number of hydrogen-bond acceptors (Lipinski definition) is 2. The van der Waals surface area contributed by atoms with E-state index in [9.17, 15) is 9.59 Å². The molecule has 0 aliphatic rings. The number of carboxylic acid groups (broad SMARTS) is 1. The fraction of sp³-hybridized carbons (Fsp3) is 0.333. The molecule has 0 bridgehead atoms. The van der Waals surface area contributed by atoms with Gasteiger partial charge in [-0.2, -0.15) is 0 Å². The number of rotatable bonds is 5. The Morgan fingerprint density at radius 3 is 2.82 bits per heavy atom. The lowest BCUT2D eigenvalue weighted by Gasteiger charge is -1.99. The molecule has 2 N–H and O–H groups in total. The number of aliphatic carboxylic acids is 1. The van der Waals surface area contributed by atoms with E-state index in [1.165, 1.54) is 6.08 Å². The molecule has 0 saturated heterocycles. The number of anilines is 1. The summed E-state index contributed by atoms with van der Waals surface area (Å²) in [5.41, 5.74) is 1.40. The number of carboxylic acids is 1. The predicted molar refractivity (Wildman–Crippen MR) is 65.6 cm³/mol. The van der Waals surface area contributed by atoms with Crippen LogP contribution in [-0.2, 0) is 16.6 Å². The third-order valence-corrected chi connectivity index (χ3v) is 2.20. The highest BCUT2D eigenvalue weighted by Gasteiger charge is 2.04. The fourth-order valence-corrected chi connectivity index (χ4v) is 1.42. The molecule has 0 aromatic carbocycles. The summed E-state index contributed by atoms with van der Waals surface area (Å²) in [4.78, 5) is 21.8. The Morgan fingerprint density at radius 1 is 1.53 bits per heavy atom. The zero-order chi connectivity index (χ0) is 12.8. The summed E-state index contributed by atoms with van der Waals surface area (Å²) in [7, 11) is 1.79. The van der Waals surface area contributed by atoms with Crippen molar-refractivity contribution >= 4 is 23.6 Å². The minimum Gasteiger partial charge on any atom is -0.478 e. The first-order chi connectivity index (χ1) is 8.02. The number of carbonyl (C=O) groups excluding carboxylic acids is 1. The number of aryl methyl sites for hydroxylation is 1. The van der Waals surface area contributed by atoms with Gasteiger partial charge in [-0.25, -0.2) is 4.79 Å². The molecule has 17 heavy (non-hydrogen) atoms. The maximum Gasteiger partial charge on any atom is 0.328 e. The van der Waals surface area contributed by atoms with Crippen LogP contribution in [0.2, 0.25) is 0 Å². The predicted octanol–water partition coefficient (Wildman–Crippen LogP) is 1.86. The molecule has 1 aromatic rings. The molecule has 5 heteroatoms. The first-order valence-corrected chi connectivity index (χ1v) is 5.40. The Kier molecular flexibility index (Phi) is 4.51. The first kappa shape index (κ1) is 13.0. The Balaban J connectivity index is 2.74. The Bertz CT molecular complexity index is 447. The molecule has 1 heterocycles. The maximum atomic E-state index is 11.4. The van der Waals surface area contributed by atoms with Crippen LogP contribution in [0.4, 0.5) is 5.69 Å². The van der Waals surface area contributed by atoms with Gasteiger partial charge in [-0.1, -0.05) is 6.92 Å². The minimum absolute atomic E-state index is 0.0353. The van der Waals surface area contributed by atoms with Gasteiger partial charge in [0.25, 0.3) is 0 Å². The van der Waals surface area contributed by atoms with Crippen LogP contribution < -0.4 is 5.32 Å². The van der Waals surface area contributed by atoms with Crippen molar-refractivity contribution in [1.82, 2.24) is 4.57 Å². The van der Waals surface area contributed by atoms with Crippen molar-refractivity contribution in [3.8, 4) is 0 Å². The molecule has 0 aliphatic carbocycles. The zero-order valence-corrected chi connectivity index (χ0v) is 9.93. The molecule has 0 atom stereocenters. The summed E-state index contributed by atoms with van der Waals surface area (Å²) >= 11 is 0. The third-order valence-electron chi connectivity index (χ3n) is 2.20. The molecule has 0 spiro atoms. The molecular formula is C12H16N2O3. The van der Waals surface area contributed by atoms with Gasteiger partial charge >= 0.3 is 5.97 Å². The Labute approximate surface area is 99.7 Å². The van der Waals surface area contributed by atoms with E-state index in [1.807, 2.05) is 6.92 Å².